The van der Waals surface area contributed by atoms with E-state index in [-0.39, 0.29) is 17.6 Å². The first-order valence-electron chi connectivity index (χ1n) is 6.89. The number of phenolic OH excluding ortho intramolecular Hbond substituents is 1. The van der Waals surface area contributed by atoms with E-state index in [2.05, 4.69) is 43.4 Å². The minimum atomic E-state index is -0.334. The molecule has 106 valence electrons. The average molecular weight is 273 g/mol. The van der Waals surface area contributed by atoms with Crippen LogP contribution in [0.15, 0.2) is 42.5 Å². The molecule has 1 unspecified atom stereocenters. The van der Waals surface area contributed by atoms with Crippen molar-refractivity contribution in [3.05, 3.63) is 65.0 Å². The molecule has 0 aromatic heterocycles. The Bertz CT molecular complexity index is 566. The number of phenols is 1. The van der Waals surface area contributed by atoms with Crippen LogP contribution in [0.1, 0.15) is 36.6 Å². The van der Waals surface area contributed by atoms with E-state index >= 15 is 0 Å². The maximum absolute atomic E-state index is 13.1. The second-order valence-corrected chi connectivity index (χ2v) is 4.97. The maximum atomic E-state index is 13.1. The van der Waals surface area contributed by atoms with Crippen LogP contribution in [0.3, 0.4) is 0 Å². The molecule has 0 aliphatic carbocycles. The molecule has 0 spiro atoms. The highest BCUT2D eigenvalue weighted by Crippen LogP contribution is 2.20. The fraction of sp³-hybridized carbons (Fsp3) is 0.294. The van der Waals surface area contributed by atoms with Gasteiger partial charge in [-0.05, 0) is 42.7 Å². The van der Waals surface area contributed by atoms with Crippen LogP contribution in [0, 0.1) is 5.82 Å². The van der Waals surface area contributed by atoms with Gasteiger partial charge in [0.25, 0.3) is 0 Å². The van der Waals surface area contributed by atoms with E-state index in [4.69, 9.17) is 0 Å². The fourth-order valence-corrected chi connectivity index (χ4v) is 2.12. The monoisotopic (exact) mass is 273 g/mol. The summed E-state index contributed by atoms with van der Waals surface area (Å²) in [7, 11) is 0. The van der Waals surface area contributed by atoms with Crippen molar-refractivity contribution in [2.24, 2.45) is 0 Å². The summed E-state index contributed by atoms with van der Waals surface area (Å²) in [5.41, 5.74) is 3.06. The van der Waals surface area contributed by atoms with Gasteiger partial charge in [-0.1, -0.05) is 31.2 Å². The molecule has 0 aliphatic rings. The van der Waals surface area contributed by atoms with Crippen LogP contribution in [0.25, 0.3) is 0 Å². The normalized spacial score (nSPS) is 12.3. The third-order valence-corrected chi connectivity index (χ3v) is 3.53. The Balaban J connectivity index is 2.00. The average Bonchev–Trinajstić information content (AvgIpc) is 2.48. The number of nitrogens with one attached hydrogen (secondary N) is 1. The molecule has 0 aliphatic heterocycles. The SMILES string of the molecule is CCc1ccc(C(C)NCc2cc(F)ccc2O)cc1. The van der Waals surface area contributed by atoms with Gasteiger partial charge < -0.3 is 10.4 Å². The Hall–Kier alpha value is -1.87. The topological polar surface area (TPSA) is 32.3 Å². The molecule has 1 atom stereocenters. The summed E-state index contributed by atoms with van der Waals surface area (Å²) in [5.74, 6) is -0.216. The van der Waals surface area contributed by atoms with Gasteiger partial charge in [0.15, 0.2) is 0 Å². The summed E-state index contributed by atoms with van der Waals surface area (Å²) in [5, 5.41) is 13.0. The third-order valence-electron chi connectivity index (χ3n) is 3.53. The van der Waals surface area contributed by atoms with Crippen LogP contribution in [-0.2, 0) is 13.0 Å². The van der Waals surface area contributed by atoms with Crippen molar-refractivity contribution in [1.29, 1.82) is 0 Å². The minimum Gasteiger partial charge on any atom is -0.508 e. The van der Waals surface area contributed by atoms with Gasteiger partial charge >= 0.3 is 0 Å². The van der Waals surface area contributed by atoms with Crippen LogP contribution in [0.5, 0.6) is 5.75 Å². The van der Waals surface area contributed by atoms with Crippen molar-refractivity contribution < 1.29 is 9.50 Å². The molecule has 0 radical (unpaired) electrons. The minimum absolute atomic E-state index is 0.118. The zero-order valence-electron chi connectivity index (χ0n) is 11.9. The first-order valence-corrected chi connectivity index (χ1v) is 6.89. The Morgan fingerprint density at radius 2 is 1.85 bits per heavy atom. The van der Waals surface area contributed by atoms with E-state index in [0.29, 0.717) is 12.1 Å². The van der Waals surface area contributed by atoms with E-state index in [1.165, 1.54) is 29.3 Å². The predicted molar refractivity (Wildman–Crippen MR) is 79.1 cm³/mol. The van der Waals surface area contributed by atoms with Gasteiger partial charge in [-0.25, -0.2) is 4.39 Å². The summed E-state index contributed by atoms with van der Waals surface area (Å²) >= 11 is 0. The van der Waals surface area contributed by atoms with Gasteiger partial charge in [-0.2, -0.15) is 0 Å². The van der Waals surface area contributed by atoms with E-state index in [1.54, 1.807) is 0 Å². The van der Waals surface area contributed by atoms with Crippen LogP contribution in [0.2, 0.25) is 0 Å². The highest BCUT2D eigenvalue weighted by atomic mass is 19.1. The van der Waals surface area contributed by atoms with Crippen molar-refractivity contribution in [2.75, 3.05) is 0 Å². The second kappa shape index (κ2) is 6.53. The lowest BCUT2D eigenvalue weighted by Crippen LogP contribution is -2.18. The summed E-state index contributed by atoms with van der Waals surface area (Å²) < 4.78 is 13.1. The van der Waals surface area contributed by atoms with Crippen molar-refractivity contribution in [3.63, 3.8) is 0 Å². The first kappa shape index (κ1) is 14.5. The van der Waals surface area contributed by atoms with Crippen LogP contribution >= 0.6 is 0 Å². The number of aromatic hydroxyl groups is 1. The second-order valence-electron chi connectivity index (χ2n) is 4.97. The van der Waals surface area contributed by atoms with Crippen LogP contribution in [-0.4, -0.2) is 5.11 Å². The number of halogens is 1. The zero-order chi connectivity index (χ0) is 14.5. The van der Waals surface area contributed by atoms with Gasteiger partial charge in [0.2, 0.25) is 0 Å². The standard InChI is InChI=1S/C17H20FNO/c1-3-13-4-6-14(7-5-13)12(2)19-11-15-10-16(18)8-9-17(15)20/h4-10,12,19-20H,3,11H2,1-2H3. The van der Waals surface area contributed by atoms with E-state index in [9.17, 15) is 9.50 Å². The molecule has 2 aromatic rings. The fourth-order valence-electron chi connectivity index (χ4n) is 2.12. The lowest BCUT2D eigenvalue weighted by atomic mass is 10.0. The molecule has 2 nitrogen and oxygen atoms in total. The summed E-state index contributed by atoms with van der Waals surface area (Å²) in [4.78, 5) is 0. The van der Waals surface area contributed by atoms with Crippen molar-refractivity contribution in [2.45, 2.75) is 32.9 Å². The smallest absolute Gasteiger partial charge is 0.123 e. The Morgan fingerprint density at radius 1 is 1.15 bits per heavy atom. The highest BCUT2D eigenvalue weighted by Gasteiger charge is 2.07. The van der Waals surface area contributed by atoms with Crippen molar-refractivity contribution in [1.82, 2.24) is 5.32 Å². The maximum Gasteiger partial charge on any atom is 0.123 e. The number of benzene rings is 2. The van der Waals surface area contributed by atoms with Gasteiger partial charge in [0, 0.05) is 18.2 Å². The number of rotatable bonds is 5. The Kier molecular flexibility index (Phi) is 4.74. The van der Waals surface area contributed by atoms with Crippen LogP contribution in [0.4, 0.5) is 4.39 Å². The summed E-state index contributed by atoms with van der Waals surface area (Å²) in [6.45, 7) is 4.61. The quantitative estimate of drug-likeness (QED) is 0.864. The molecule has 20 heavy (non-hydrogen) atoms. The molecule has 0 amide bonds. The molecule has 0 heterocycles. The molecule has 2 N–H and O–H groups in total. The molecule has 0 saturated heterocycles. The summed E-state index contributed by atoms with van der Waals surface area (Å²) in [6, 6.07) is 12.6. The largest absolute Gasteiger partial charge is 0.508 e. The lowest BCUT2D eigenvalue weighted by molar-refractivity contribution is 0.457. The van der Waals surface area contributed by atoms with Crippen molar-refractivity contribution >= 4 is 0 Å². The first-order chi connectivity index (χ1) is 9.60. The third kappa shape index (κ3) is 3.58. The number of hydrogen-bond donors (Lipinski definition) is 2. The molecule has 2 rings (SSSR count). The highest BCUT2D eigenvalue weighted by molar-refractivity contribution is 5.32. The van der Waals surface area contributed by atoms with E-state index < -0.39 is 0 Å². The van der Waals surface area contributed by atoms with Gasteiger partial charge in [-0.3, -0.25) is 0 Å². The van der Waals surface area contributed by atoms with E-state index in [1.807, 2.05) is 0 Å². The van der Waals surface area contributed by atoms with Crippen molar-refractivity contribution in [3.8, 4) is 5.75 Å². The molecule has 3 heteroatoms. The molecule has 0 bridgehead atoms. The predicted octanol–water partition coefficient (Wildman–Crippen LogP) is 3.94. The summed E-state index contributed by atoms with van der Waals surface area (Å²) in [6.07, 6.45) is 1.03. The Labute approximate surface area is 119 Å². The van der Waals surface area contributed by atoms with E-state index in [0.717, 1.165) is 6.42 Å². The number of aryl methyl sites for hydroxylation is 1. The molecule has 0 saturated carbocycles. The Morgan fingerprint density at radius 3 is 2.50 bits per heavy atom. The molecular formula is C17H20FNO. The molecule has 2 aromatic carbocycles. The number of hydrogen-bond acceptors (Lipinski definition) is 2. The molecular weight excluding hydrogens is 253 g/mol. The van der Waals surface area contributed by atoms with Crippen LogP contribution < -0.4 is 5.32 Å². The lowest BCUT2D eigenvalue weighted by Gasteiger charge is -2.15. The van der Waals surface area contributed by atoms with Gasteiger partial charge in [0.1, 0.15) is 11.6 Å². The zero-order valence-corrected chi connectivity index (χ0v) is 11.9. The van der Waals surface area contributed by atoms with Gasteiger partial charge in [0.05, 0.1) is 0 Å². The van der Waals surface area contributed by atoms with Gasteiger partial charge in [-0.15, -0.1) is 0 Å². The molecule has 0 fully saturated rings.